The highest BCUT2D eigenvalue weighted by atomic mass is 19.1. The second-order valence-corrected chi connectivity index (χ2v) is 6.19. The number of aromatic nitrogens is 1. The van der Waals surface area contributed by atoms with Crippen LogP contribution in [0.25, 0.3) is 10.9 Å². The SMILES string of the molecule is CCOc1c(OC)cc(CNCCc2c[nH]c3cc(F)ccc23)cc1OC. The first-order valence-corrected chi connectivity index (χ1v) is 9.00. The number of methoxy groups -OCH3 is 2. The second-order valence-electron chi connectivity index (χ2n) is 6.19. The monoisotopic (exact) mass is 372 g/mol. The molecule has 3 rings (SSSR count). The first-order chi connectivity index (χ1) is 13.2. The first-order valence-electron chi connectivity index (χ1n) is 9.00. The van der Waals surface area contributed by atoms with Gasteiger partial charge in [-0.25, -0.2) is 4.39 Å². The van der Waals surface area contributed by atoms with E-state index in [0.717, 1.165) is 29.4 Å². The summed E-state index contributed by atoms with van der Waals surface area (Å²) in [5.74, 6) is 1.71. The van der Waals surface area contributed by atoms with Gasteiger partial charge in [-0.2, -0.15) is 0 Å². The Morgan fingerprint density at radius 3 is 2.48 bits per heavy atom. The average Bonchev–Trinajstić information content (AvgIpc) is 3.07. The zero-order valence-electron chi connectivity index (χ0n) is 15.9. The molecule has 0 fully saturated rings. The summed E-state index contributed by atoms with van der Waals surface area (Å²) in [6.07, 6.45) is 2.78. The van der Waals surface area contributed by atoms with Gasteiger partial charge in [-0.15, -0.1) is 0 Å². The van der Waals surface area contributed by atoms with Crippen molar-refractivity contribution < 1.29 is 18.6 Å². The van der Waals surface area contributed by atoms with Gasteiger partial charge < -0.3 is 24.5 Å². The van der Waals surface area contributed by atoms with Crippen LogP contribution in [0.2, 0.25) is 0 Å². The van der Waals surface area contributed by atoms with Gasteiger partial charge in [0.15, 0.2) is 11.5 Å². The summed E-state index contributed by atoms with van der Waals surface area (Å²) >= 11 is 0. The van der Waals surface area contributed by atoms with Gasteiger partial charge in [-0.1, -0.05) is 0 Å². The molecule has 2 N–H and O–H groups in total. The molecule has 1 aromatic heterocycles. The number of benzene rings is 2. The molecule has 6 heteroatoms. The zero-order chi connectivity index (χ0) is 19.2. The summed E-state index contributed by atoms with van der Waals surface area (Å²) < 4.78 is 29.8. The van der Waals surface area contributed by atoms with Gasteiger partial charge in [-0.05, 0) is 61.3 Å². The Balaban J connectivity index is 1.63. The van der Waals surface area contributed by atoms with E-state index in [1.165, 1.54) is 17.7 Å². The molecule has 5 nitrogen and oxygen atoms in total. The molecule has 0 radical (unpaired) electrons. The Labute approximate surface area is 158 Å². The van der Waals surface area contributed by atoms with E-state index in [2.05, 4.69) is 10.3 Å². The third-order valence-corrected chi connectivity index (χ3v) is 4.44. The molecule has 144 valence electrons. The molecule has 27 heavy (non-hydrogen) atoms. The van der Waals surface area contributed by atoms with Crippen LogP contribution in [-0.2, 0) is 13.0 Å². The number of halogens is 1. The smallest absolute Gasteiger partial charge is 0.203 e. The number of hydrogen-bond acceptors (Lipinski definition) is 4. The third kappa shape index (κ3) is 4.34. The van der Waals surface area contributed by atoms with Crippen molar-refractivity contribution in [1.29, 1.82) is 0 Å². The molecule has 0 aliphatic carbocycles. The molecule has 0 aliphatic rings. The van der Waals surface area contributed by atoms with E-state index in [1.54, 1.807) is 14.2 Å². The summed E-state index contributed by atoms with van der Waals surface area (Å²) in [6, 6.07) is 8.74. The maximum atomic E-state index is 13.3. The minimum atomic E-state index is -0.229. The van der Waals surface area contributed by atoms with Crippen LogP contribution in [0.5, 0.6) is 17.2 Å². The van der Waals surface area contributed by atoms with Crippen LogP contribution >= 0.6 is 0 Å². The van der Waals surface area contributed by atoms with Crippen molar-refractivity contribution >= 4 is 10.9 Å². The van der Waals surface area contributed by atoms with Gasteiger partial charge in [0.1, 0.15) is 5.82 Å². The van der Waals surface area contributed by atoms with Crippen molar-refractivity contribution in [3.8, 4) is 17.2 Å². The van der Waals surface area contributed by atoms with E-state index in [0.29, 0.717) is 30.4 Å². The highest BCUT2D eigenvalue weighted by molar-refractivity contribution is 5.83. The lowest BCUT2D eigenvalue weighted by molar-refractivity contribution is 0.288. The molecule has 2 aromatic carbocycles. The first kappa shape index (κ1) is 19.0. The van der Waals surface area contributed by atoms with Crippen molar-refractivity contribution in [2.75, 3.05) is 27.4 Å². The number of nitrogens with one attached hydrogen (secondary N) is 2. The Morgan fingerprint density at radius 2 is 1.81 bits per heavy atom. The van der Waals surface area contributed by atoms with Crippen LogP contribution in [0.4, 0.5) is 4.39 Å². The number of rotatable bonds is 9. The Bertz CT molecular complexity index is 883. The molecule has 1 heterocycles. The van der Waals surface area contributed by atoms with Gasteiger partial charge >= 0.3 is 0 Å². The summed E-state index contributed by atoms with van der Waals surface area (Å²) in [4.78, 5) is 3.12. The van der Waals surface area contributed by atoms with Crippen LogP contribution in [-0.4, -0.2) is 32.4 Å². The Morgan fingerprint density at radius 1 is 1.07 bits per heavy atom. The highest BCUT2D eigenvalue weighted by Gasteiger charge is 2.13. The van der Waals surface area contributed by atoms with Crippen LogP contribution in [0.15, 0.2) is 36.5 Å². The van der Waals surface area contributed by atoms with Gasteiger partial charge in [-0.3, -0.25) is 0 Å². The van der Waals surface area contributed by atoms with Crippen LogP contribution in [0.3, 0.4) is 0 Å². The quantitative estimate of drug-likeness (QED) is 0.556. The summed E-state index contributed by atoms with van der Waals surface area (Å²) in [6.45, 7) is 3.94. The summed E-state index contributed by atoms with van der Waals surface area (Å²) in [5, 5.41) is 4.49. The van der Waals surface area contributed by atoms with Crippen molar-refractivity contribution in [3.63, 3.8) is 0 Å². The predicted octanol–water partition coefficient (Wildman–Crippen LogP) is 4.06. The topological polar surface area (TPSA) is 55.5 Å². The fourth-order valence-electron chi connectivity index (χ4n) is 3.14. The molecule has 0 atom stereocenters. The minimum Gasteiger partial charge on any atom is -0.493 e. The van der Waals surface area contributed by atoms with Crippen molar-refractivity contribution in [2.24, 2.45) is 0 Å². The molecule has 0 saturated heterocycles. The minimum absolute atomic E-state index is 0.229. The van der Waals surface area contributed by atoms with E-state index in [1.807, 2.05) is 31.3 Å². The second kappa shape index (κ2) is 8.77. The molecule has 0 saturated carbocycles. The van der Waals surface area contributed by atoms with E-state index in [-0.39, 0.29) is 5.82 Å². The molecule has 0 spiro atoms. The zero-order valence-corrected chi connectivity index (χ0v) is 15.9. The number of ether oxygens (including phenoxy) is 3. The van der Waals surface area contributed by atoms with Crippen molar-refractivity contribution in [1.82, 2.24) is 10.3 Å². The van der Waals surface area contributed by atoms with Gasteiger partial charge in [0, 0.05) is 23.6 Å². The molecule has 0 bridgehead atoms. The maximum Gasteiger partial charge on any atom is 0.203 e. The fraction of sp³-hybridized carbons (Fsp3) is 0.333. The fourth-order valence-corrected chi connectivity index (χ4v) is 3.14. The van der Waals surface area contributed by atoms with Crippen LogP contribution in [0, 0.1) is 5.82 Å². The molecule has 0 aliphatic heterocycles. The van der Waals surface area contributed by atoms with Crippen molar-refractivity contribution in [3.05, 3.63) is 53.5 Å². The maximum absolute atomic E-state index is 13.3. The van der Waals surface area contributed by atoms with Gasteiger partial charge in [0.05, 0.1) is 20.8 Å². The van der Waals surface area contributed by atoms with Crippen LogP contribution < -0.4 is 19.5 Å². The molecular weight excluding hydrogens is 347 g/mol. The van der Waals surface area contributed by atoms with Gasteiger partial charge in [0.2, 0.25) is 5.75 Å². The van der Waals surface area contributed by atoms with E-state index in [4.69, 9.17) is 14.2 Å². The Hall–Kier alpha value is -2.73. The highest BCUT2D eigenvalue weighted by Crippen LogP contribution is 2.38. The number of hydrogen-bond donors (Lipinski definition) is 2. The summed E-state index contributed by atoms with van der Waals surface area (Å²) in [5.41, 5.74) is 3.04. The van der Waals surface area contributed by atoms with E-state index < -0.39 is 0 Å². The lowest BCUT2D eigenvalue weighted by Crippen LogP contribution is -2.16. The lowest BCUT2D eigenvalue weighted by atomic mass is 10.1. The Kier molecular flexibility index (Phi) is 6.19. The number of H-pyrrole nitrogens is 1. The molecule has 3 aromatic rings. The van der Waals surface area contributed by atoms with Crippen molar-refractivity contribution in [2.45, 2.75) is 19.9 Å². The lowest BCUT2D eigenvalue weighted by Gasteiger charge is -2.15. The number of fused-ring (bicyclic) bond motifs is 1. The molecule has 0 unspecified atom stereocenters. The van der Waals surface area contributed by atoms with E-state index >= 15 is 0 Å². The number of aromatic amines is 1. The average molecular weight is 372 g/mol. The molecular formula is C21H25FN2O3. The summed E-state index contributed by atoms with van der Waals surface area (Å²) in [7, 11) is 3.24. The van der Waals surface area contributed by atoms with Crippen LogP contribution in [0.1, 0.15) is 18.1 Å². The van der Waals surface area contributed by atoms with Gasteiger partial charge in [0.25, 0.3) is 0 Å². The predicted molar refractivity (Wildman–Crippen MR) is 104 cm³/mol. The normalized spacial score (nSPS) is 11.0. The molecule has 0 amide bonds. The third-order valence-electron chi connectivity index (χ3n) is 4.44. The largest absolute Gasteiger partial charge is 0.493 e. The van der Waals surface area contributed by atoms with E-state index in [9.17, 15) is 4.39 Å². The standard InChI is InChI=1S/C21H25FN2O3/c1-4-27-21-19(25-2)9-14(10-20(21)26-3)12-23-8-7-15-13-24-18-11-16(22)5-6-17(15)18/h5-6,9-11,13,23-24H,4,7-8,12H2,1-3H3.